The average Bonchev–Trinajstić information content (AvgIpc) is 2.66. The van der Waals surface area contributed by atoms with Gasteiger partial charge in [-0.15, -0.1) is 0 Å². The van der Waals surface area contributed by atoms with Gasteiger partial charge in [0.1, 0.15) is 0 Å². The second kappa shape index (κ2) is 9.17. The van der Waals surface area contributed by atoms with Crippen LogP contribution in [-0.2, 0) is 14.3 Å². The van der Waals surface area contributed by atoms with Crippen molar-refractivity contribution >= 4 is 40.9 Å². The summed E-state index contributed by atoms with van der Waals surface area (Å²) in [6.07, 6.45) is 0. The number of methoxy groups -OCH3 is 2. The Balaban J connectivity index is 2.23. The van der Waals surface area contributed by atoms with Crippen LogP contribution in [0.15, 0.2) is 42.5 Å². The summed E-state index contributed by atoms with van der Waals surface area (Å²) in [5.74, 6) is -1.55. The Morgan fingerprint density at radius 3 is 2.04 bits per heavy atom. The number of nitrogens with one attached hydrogen (secondary N) is 3. The first kappa shape index (κ1) is 20.4. The SMILES string of the molecule is COC(=O)c1ccc(C(=O)OC)c(NC(=O)Nc2cccc(NC(C)=O)c2)c1. The summed E-state index contributed by atoms with van der Waals surface area (Å²) in [7, 11) is 2.42. The molecule has 0 aromatic heterocycles. The number of benzene rings is 2. The molecular formula is C19H19N3O6. The van der Waals surface area contributed by atoms with E-state index < -0.39 is 18.0 Å². The monoisotopic (exact) mass is 385 g/mol. The highest BCUT2D eigenvalue weighted by Crippen LogP contribution is 2.21. The van der Waals surface area contributed by atoms with Crippen LogP contribution < -0.4 is 16.0 Å². The molecule has 2 rings (SSSR count). The van der Waals surface area contributed by atoms with Crippen molar-refractivity contribution in [3.8, 4) is 0 Å². The molecule has 2 aromatic rings. The first-order valence-corrected chi connectivity index (χ1v) is 8.10. The fourth-order valence-electron chi connectivity index (χ4n) is 2.34. The third kappa shape index (κ3) is 5.31. The van der Waals surface area contributed by atoms with E-state index in [2.05, 4.69) is 25.4 Å². The topological polar surface area (TPSA) is 123 Å². The van der Waals surface area contributed by atoms with Gasteiger partial charge in [0.2, 0.25) is 5.91 Å². The maximum atomic E-state index is 12.4. The van der Waals surface area contributed by atoms with Crippen LogP contribution in [0.4, 0.5) is 21.9 Å². The zero-order valence-corrected chi connectivity index (χ0v) is 15.5. The Labute approximate surface area is 161 Å². The lowest BCUT2D eigenvalue weighted by atomic mass is 10.1. The van der Waals surface area contributed by atoms with Crippen molar-refractivity contribution in [2.24, 2.45) is 0 Å². The molecule has 28 heavy (non-hydrogen) atoms. The van der Waals surface area contributed by atoms with Gasteiger partial charge in [0.15, 0.2) is 0 Å². The van der Waals surface area contributed by atoms with Crippen molar-refractivity contribution in [3.05, 3.63) is 53.6 Å². The number of urea groups is 1. The summed E-state index contributed by atoms with van der Waals surface area (Å²) in [6.45, 7) is 1.37. The summed E-state index contributed by atoms with van der Waals surface area (Å²) in [5, 5.41) is 7.69. The van der Waals surface area contributed by atoms with Crippen LogP contribution in [0, 0.1) is 0 Å². The van der Waals surface area contributed by atoms with E-state index in [0.717, 1.165) is 0 Å². The van der Waals surface area contributed by atoms with Gasteiger partial charge in [-0.3, -0.25) is 4.79 Å². The van der Waals surface area contributed by atoms with Gasteiger partial charge in [0.25, 0.3) is 0 Å². The minimum Gasteiger partial charge on any atom is -0.465 e. The molecule has 146 valence electrons. The number of rotatable bonds is 5. The Kier molecular flexibility index (Phi) is 6.69. The van der Waals surface area contributed by atoms with Crippen LogP contribution in [0.1, 0.15) is 27.6 Å². The number of hydrogen-bond acceptors (Lipinski definition) is 6. The third-order valence-electron chi connectivity index (χ3n) is 3.53. The smallest absolute Gasteiger partial charge is 0.339 e. The van der Waals surface area contributed by atoms with Crippen LogP contribution in [0.2, 0.25) is 0 Å². The van der Waals surface area contributed by atoms with Gasteiger partial charge in [0, 0.05) is 18.3 Å². The van der Waals surface area contributed by atoms with E-state index in [1.54, 1.807) is 24.3 Å². The molecule has 0 heterocycles. The molecule has 0 atom stereocenters. The fraction of sp³-hybridized carbons (Fsp3) is 0.158. The number of carbonyl (C=O) groups is 4. The zero-order chi connectivity index (χ0) is 20.7. The van der Waals surface area contributed by atoms with Gasteiger partial charge in [-0.2, -0.15) is 0 Å². The van der Waals surface area contributed by atoms with Crippen molar-refractivity contribution in [1.82, 2.24) is 0 Å². The predicted octanol–water partition coefficient (Wildman–Crippen LogP) is 2.86. The first-order chi connectivity index (χ1) is 13.3. The molecule has 0 aliphatic carbocycles. The molecule has 9 heteroatoms. The molecule has 2 aromatic carbocycles. The third-order valence-corrected chi connectivity index (χ3v) is 3.53. The Morgan fingerprint density at radius 1 is 0.786 bits per heavy atom. The highest BCUT2D eigenvalue weighted by atomic mass is 16.5. The van der Waals surface area contributed by atoms with Gasteiger partial charge in [0.05, 0.1) is 31.0 Å². The molecule has 3 amide bonds. The maximum Gasteiger partial charge on any atom is 0.339 e. The lowest BCUT2D eigenvalue weighted by Gasteiger charge is -2.13. The quantitative estimate of drug-likeness (QED) is 0.680. The average molecular weight is 385 g/mol. The van der Waals surface area contributed by atoms with Gasteiger partial charge >= 0.3 is 18.0 Å². The molecule has 0 aliphatic heterocycles. The number of esters is 2. The number of hydrogen-bond donors (Lipinski definition) is 3. The van der Waals surface area contributed by atoms with E-state index in [0.29, 0.717) is 11.4 Å². The van der Waals surface area contributed by atoms with E-state index in [1.807, 2.05) is 0 Å². The largest absolute Gasteiger partial charge is 0.465 e. The molecule has 0 saturated carbocycles. The van der Waals surface area contributed by atoms with E-state index in [1.165, 1.54) is 39.3 Å². The van der Waals surface area contributed by atoms with Crippen molar-refractivity contribution in [3.63, 3.8) is 0 Å². The molecule has 9 nitrogen and oxygen atoms in total. The van der Waals surface area contributed by atoms with E-state index in [4.69, 9.17) is 0 Å². The normalized spacial score (nSPS) is 9.82. The second-order valence-electron chi connectivity index (χ2n) is 5.58. The Bertz CT molecular complexity index is 926. The number of carbonyl (C=O) groups excluding carboxylic acids is 4. The molecule has 0 saturated heterocycles. The van der Waals surface area contributed by atoms with Crippen LogP contribution in [0.3, 0.4) is 0 Å². The highest BCUT2D eigenvalue weighted by Gasteiger charge is 2.17. The van der Waals surface area contributed by atoms with E-state index in [-0.39, 0.29) is 22.7 Å². The van der Waals surface area contributed by atoms with Crippen LogP contribution in [0.5, 0.6) is 0 Å². The lowest BCUT2D eigenvalue weighted by Crippen LogP contribution is -2.22. The van der Waals surface area contributed by atoms with Crippen LogP contribution in [-0.4, -0.2) is 38.1 Å². The summed E-state index contributed by atoms with van der Waals surface area (Å²) in [4.78, 5) is 47.1. The molecule has 0 bridgehead atoms. The molecule has 0 aliphatic rings. The molecule has 0 unspecified atom stereocenters. The summed E-state index contributed by atoms with van der Waals surface area (Å²) in [6, 6.07) is 9.89. The first-order valence-electron chi connectivity index (χ1n) is 8.10. The predicted molar refractivity (Wildman–Crippen MR) is 103 cm³/mol. The van der Waals surface area contributed by atoms with Crippen molar-refractivity contribution < 1.29 is 28.7 Å². The van der Waals surface area contributed by atoms with Gasteiger partial charge in [-0.25, -0.2) is 14.4 Å². The summed E-state index contributed by atoms with van der Waals surface area (Å²) < 4.78 is 9.33. The minimum absolute atomic E-state index is 0.0669. The molecule has 0 fully saturated rings. The number of anilines is 3. The zero-order valence-electron chi connectivity index (χ0n) is 15.5. The minimum atomic E-state index is -0.681. The van der Waals surface area contributed by atoms with Gasteiger partial charge in [-0.1, -0.05) is 6.07 Å². The highest BCUT2D eigenvalue weighted by molar-refractivity contribution is 6.06. The fourth-order valence-corrected chi connectivity index (χ4v) is 2.34. The lowest BCUT2D eigenvalue weighted by molar-refractivity contribution is -0.114. The Hall–Kier alpha value is -3.88. The number of amides is 3. The number of ether oxygens (including phenoxy) is 2. The van der Waals surface area contributed by atoms with E-state index >= 15 is 0 Å². The molecular weight excluding hydrogens is 366 g/mol. The summed E-state index contributed by atoms with van der Waals surface area (Å²) >= 11 is 0. The standard InChI is InChI=1S/C19H19N3O6/c1-11(23)20-13-5-4-6-14(10-13)21-19(26)22-16-9-12(17(24)27-2)7-8-15(16)18(25)28-3/h4-10H,1-3H3,(H,20,23)(H2,21,22,26). The van der Waals surface area contributed by atoms with Crippen molar-refractivity contribution in [1.29, 1.82) is 0 Å². The van der Waals surface area contributed by atoms with Gasteiger partial charge < -0.3 is 25.4 Å². The summed E-state index contributed by atoms with van der Waals surface area (Å²) in [5.41, 5.74) is 1.21. The van der Waals surface area contributed by atoms with Gasteiger partial charge in [-0.05, 0) is 36.4 Å². The van der Waals surface area contributed by atoms with Crippen LogP contribution >= 0.6 is 0 Å². The van der Waals surface area contributed by atoms with Crippen molar-refractivity contribution in [2.75, 3.05) is 30.2 Å². The Morgan fingerprint density at radius 2 is 1.43 bits per heavy atom. The maximum absolute atomic E-state index is 12.4. The van der Waals surface area contributed by atoms with E-state index in [9.17, 15) is 19.2 Å². The van der Waals surface area contributed by atoms with Crippen LogP contribution in [0.25, 0.3) is 0 Å². The molecule has 0 spiro atoms. The molecule has 0 radical (unpaired) electrons. The van der Waals surface area contributed by atoms with Crippen molar-refractivity contribution in [2.45, 2.75) is 6.92 Å². The second-order valence-corrected chi connectivity index (χ2v) is 5.58. The molecule has 3 N–H and O–H groups in total.